The van der Waals surface area contributed by atoms with Gasteiger partial charge < -0.3 is 45.0 Å². The second-order valence-electron chi connectivity index (χ2n) is 15.0. The van der Waals surface area contributed by atoms with Crippen LogP contribution in [0.4, 0.5) is 0 Å². The molecule has 1 saturated carbocycles. The van der Waals surface area contributed by atoms with E-state index < -0.39 is 81.8 Å². The first-order valence-corrected chi connectivity index (χ1v) is 23.3. The van der Waals surface area contributed by atoms with E-state index in [0.717, 1.165) is 64.2 Å². The van der Waals surface area contributed by atoms with E-state index in [4.69, 9.17) is 18.5 Å². The molecule has 0 bridgehead atoms. The summed E-state index contributed by atoms with van der Waals surface area (Å²) in [5.41, 5.74) is 0. The summed E-state index contributed by atoms with van der Waals surface area (Å²) in [5, 5.41) is 60.1. The van der Waals surface area contributed by atoms with Crippen molar-refractivity contribution >= 4 is 19.8 Å². The maximum Gasteiger partial charge on any atom is 0.472 e. The maximum absolute atomic E-state index is 12.8. The molecular formula is C45H75O14P. The molecule has 60 heavy (non-hydrogen) atoms. The van der Waals surface area contributed by atoms with E-state index in [1.165, 1.54) is 12.8 Å². The number of aliphatic hydroxyl groups is 6. The number of aliphatic hydroxyl groups excluding tert-OH is 6. The second kappa shape index (κ2) is 34.8. The van der Waals surface area contributed by atoms with Crippen molar-refractivity contribution in [2.45, 2.75) is 185 Å². The Bertz CT molecular complexity index is 1340. The SMILES string of the molecule is CCC/C=C\C/C=C\CCCCCCCC(=O)OC[C@H](COP(=O)(O)OC1[C@H](O)[C@H](O)C(O)[C@H](O)[C@H]1O)OC(=O)CCC/C=C\C/C=C\C=C\[C@@H](O)C/C=C\CCCCC. The van der Waals surface area contributed by atoms with Crippen LogP contribution in [-0.2, 0) is 32.7 Å². The van der Waals surface area contributed by atoms with E-state index in [1.54, 1.807) is 12.2 Å². The van der Waals surface area contributed by atoms with Crippen LogP contribution >= 0.6 is 7.82 Å². The average molecular weight is 871 g/mol. The Morgan fingerprint density at radius 3 is 1.82 bits per heavy atom. The van der Waals surface area contributed by atoms with Gasteiger partial charge in [-0.2, -0.15) is 0 Å². The van der Waals surface area contributed by atoms with Crippen LogP contribution < -0.4 is 0 Å². The number of rotatable bonds is 34. The van der Waals surface area contributed by atoms with Gasteiger partial charge in [0.15, 0.2) is 6.10 Å². The van der Waals surface area contributed by atoms with Crippen LogP contribution in [0.3, 0.4) is 0 Å². The number of carbonyl (C=O) groups is 2. The monoisotopic (exact) mass is 870 g/mol. The number of phosphoric ester groups is 1. The van der Waals surface area contributed by atoms with Gasteiger partial charge in [0.05, 0.1) is 12.7 Å². The number of hydrogen-bond acceptors (Lipinski definition) is 13. The Balaban J connectivity index is 2.58. The second-order valence-corrected chi connectivity index (χ2v) is 16.4. The highest BCUT2D eigenvalue weighted by atomic mass is 31.2. The number of unbranched alkanes of at least 4 members (excludes halogenated alkanes) is 10. The minimum atomic E-state index is -5.15. The Kier molecular flexibility index (Phi) is 32.0. The van der Waals surface area contributed by atoms with Crippen LogP contribution in [0.5, 0.6) is 0 Å². The van der Waals surface area contributed by atoms with Crippen molar-refractivity contribution < 1.29 is 68.2 Å². The topological polar surface area (TPSA) is 230 Å². The predicted octanol–water partition coefficient (Wildman–Crippen LogP) is 6.91. The van der Waals surface area contributed by atoms with Gasteiger partial charge in [-0.15, -0.1) is 0 Å². The van der Waals surface area contributed by atoms with E-state index in [1.807, 2.05) is 30.4 Å². The summed E-state index contributed by atoms with van der Waals surface area (Å²) in [4.78, 5) is 35.6. The van der Waals surface area contributed by atoms with Crippen LogP contribution in [0.25, 0.3) is 0 Å². The van der Waals surface area contributed by atoms with Crippen LogP contribution in [0.2, 0.25) is 0 Å². The molecule has 0 amide bonds. The third-order valence-electron chi connectivity index (χ3n) is 9.58. The van der Waals surface area contributed by atoms with Gasteiger partial charge in [-0.3, -0.25) is 18.6 Å². The molecule has 0 aromatic rings. The lowest BCUT2D eigenvalue weighted by Crippen LogP contribution is -2.64. The summed E-state index contributed by atoms with van der Waals surface area (Å²) in [7, 11) is -5.15. The maximum atomic E-state index is 12.8. The summed E-state index contributed by atoms with van der Waals surface area (Å²) >= 11 is 0. The number of carbonyl (C=O) groups excluding carboxylic acids is 2. The van der Waals surface area contributed by atoms with Crippen molar-refractivity contribution in [3.63, 3.8) is 0 Å². The van der Waals surface area contributed by atoms with E-state index in [2.05, 4.69) is 44.2 Å². The average Bonchev–Trinajstić information content (AvgIpc) is 3.22. The molecule has 1 aliphatic carbocycles. The van der Waals surface area contributed by atoms with Crippen molar-refractivity contribution in [2.24, 2.45) is 0 Å². The highest BCUT2D eigenvalue weighted by Crippen LogP contribution is 2.47. The summed E-state index contributed by atoms with van der Waals surface area (Å²) in [5.74, 6) is -1.23. The lowest BCUT2D eigenvalue weighted by atomic mass is 9.85. The lowest BCUT2D eigenvalue weighted by Gasteiger charge is -2.41. The molecule has 0 aromatic carbocycles. The fourth-order valence-electron chi connectivity index (χ4n) is 5.99. The standard InChI is InChI=1S/C45H75O14P/c1-3-5-7-9-11-12-13-14-15-16-20-24-28-32-38(47)56-34-37(35-57-60(54,55)59-45-43(52)41(50)40(49)42(51)44(45)53)58-39(48)33-29-25-21-18-17-19-23-27-31-36(46)30-26-22-10-8-6-4-2/h7,9,12-13,18-19,21-23,26-27,31,36-37,40-46,49-53H,3-6,8,10-11,14-17,20,24-25,28-30,32-35H2,1-2H3,(H,54,55)/b9-7-,13-12-,21-18-,23-19-,26-22-,31-27+/t36-,37+,40?,41-,42+,43+,44+,45?/m0/s1. The molecule has 344 valence electrons. The highest BCUT2D eigenvalue weighted by Gasteiger charge is 2.51. The molecule has 1 fully saturated rings. The molecule has 1 aliphatic rings. The molecule has 0 aromatic heterocycles. The molecule has 3 unspecified atom stereocenters. The summed E-state index contributed by atoms with van der Waals surface area (Å²) < 4.78 is 33.3. The van der Waals surface area contributed by atoms with Gasteiger partial charge in [-0.05, 0) is 70.6 Å². The van der Waals surface area contributed by atoms with Gasteiger partial charge in [-0.1, -0.05) is 125 Å². The van der Waals surface area contributed by atoms with Crippen molar-refractivity contribution in [1.29, 1.82) is 0 Å². The van der Waals surface area contributed by atoms with Gasteiger partial charge in [0.1, 0.15) is 43.2 Å². The first-order valence-electron chi connectivity index (χ1n) is 21.8. The molecule has 0 radical (unpaired) electrons. The summed E-state index contributed by atoms with van der Waals surface area (Å²) in [6.07, 6.45) is 25.6. The molecular weight excluding hydrogens is 795 g/mol. The molecule has 9 atom stereocenters. The summed E-state index contributed by atoms with van der Waals surface area (Å²) in [6.45, 7) is 3.05. The zero-order chi connectivity index (χ0) is 44.4. The van der Waals surface area contributed by atoms with Crippen LogP contribution in [-0.4, -0.2) is 110 Å². The Morgan fingerprint density at radius 1 is 0.600 bits per heavy atom. The van der Waals surface area contributed by atoms with Crippen molar-refractivity contribution in [3.05, 3.63) is 72.9 Å². The third kappa shape index (κ3) is 27.2. The quantitative estimate of drug-likeness (QED) is 0.0115. The van der Waals surface area contributed by atoms with E-state index in [-0.39, 0.29) is 12.8 Å². The first kappa shape index (κ1) is 55.3. The molecule has 7 N–H and O–H groups in total. The van der Waals surface area contributed by atoms with E-state index >= 15 is 0 Å². The van der Waals surface area contributed by atoms with Crippen LogP contribution in [0.1, 0.15) is 136 Å². The van der Waals surface area contributed by atoms with Gasteiger partial charge in [-0.25, -0.2) is 4.57 Å². The molecule has 0 aliphatic heterocycles. The van der Waals surface area contributed by atoms with Crippen molar-refractivity contribution in [2.75, 3.05) is 13.2 Å². The molecule has 0 saturated heterocycles. The summed E-state index contributed by atoms with van der Waals surface area (Å²) in [6, 6.07) is 0. The third-order valence-corrected chi connectivity index (χ3v) is 10.6. The van der Waals surface area contributed by atoms with Crippen molar-refractivity contribution in [1.82, 2.24) is 0 Å². The van der Waals surface area contributed by atoms with Crippen LogP contribution in [0, 0.1) is 0 Å². The molecule has 0 heterocycles. The minimum Gasteiger partial charge on any atom is -0.462 e. The lowest BCUT2D eigenvalue weighted by molar-refractivity contribution is -0.220. The smallest absolute Gasteiger partial charge is 0.462 e. The number of allylic oxidation sites excluding steroid dienone is 10. The van der Waals surface area contributed by atoms with Gasteiger partial charge in [0.2, 0.25) is 0 Å². The fraction of sp³-hybridized carbons (Fsp3) is 0.689. The van der Waals surface area contributed by atoms with Crippen molar-refractivity contribution in [3.8, 4) is 0 Å². The zero-order valence-corrected chi connectivity index (χ0v) is 36.7. The Hall–Kier alpha value is -2.75. The largest absolute Gasteiger partial charge is 0.472 e. The number of hydrogen-bond donors (Lipinski definition) is 7. The minimum absolute atomic E-state index is 0.0179. The van der Waals surface area contributed by atoms with E-state index in [9.17, 15) is 49.7 Å². The normalized spacial score (nSPS) is 23.4. The fourth-order valence-corrected chi connectivity index (χ4v) is 6.96. The van der Waals surface area contributed by atoms with Gasteiger partial charge in [0, 0.05) is 12.8 Å². The molecule has 0 spiro atoms. The van der Waals surface area contributed by atoms with Crippen LogP contribution in [0.15, 0.2) is 72.9 Å². The van der Waals surface area contributed by atoms with Gasteiger partial charge in [0.25, 0.3) is 0 Å². The Labute approximate surface area is 358 Å². The molecule has 14 nitrogen and oxygen atoms in total. The molecule has 1 rings (SSSR count). The van der Waals surface area contributed by atoms with E-state index in [0.29, 0.717) is 32.1 Å². The predicted molar refractivity (Wildman–Crippen MR) is 231 cm³/mol. The number of ether oxygens (including phenoxy) is 2. The number of phosphoric acid groups is 1. The van der Waals surface area contributed by atoms with Gasteiger partial charge >= 0.3 is 19.8 Å². The first-order chi connectivity index (χ1) is 28.8. The zero-order valence-electron chi connectivity index (χ0n) is 35.8. The molecule has 15 heteroatoms. The number of esters is 2. The Morgan fingerprint density at radius 2 is 1.15 bits per heavy atom. The highest BCUT2D eigenvalue weighted by molar-refractivity contribution is 7.47.